The lowest BCUT2D eigenvalue weighted by molar-refractivity contribution is -0.205. The highest BCUT2D eigenvalue weighted by atomic mass is 35.5. The van der Waals surface area contributed by atoms with Crippen molar-refractivity contribution in [2.75, 3.05) is 6.56 Å². The van der Waals surface area contributed by atoms with Gasteiger partial charge in [0.2, 0.25) is 5.82 Å². The Balaban J connectivity index is 1.67. The van der Waals surface area contributed by atoms with Crippen LogP contribution in [0.25, 0.3) is 0 Å². The molecule has 0 aliphatic carbocycles. The number of aliphatic hydroxyl groups excluding tert-OH is 2. The van der Waals surface area contributed by atoms with Crippen molar-refractivity contribution in [3.05, 3.63) is 55.9 Å². The second-order valence-corrected chi connectivity index (χ2v) is 8.68. The molecule has 3 heterocycles. The van der Waals surface area contributed by atoms with Crippen LogP contribution in [0.1, 0.15) is 15.9 Å². The molecule has 31 heavy (non-hydrogen) atoms. The number of benzene rings is 1. The number of ether oxygens (including phenoxy) is 1. The minimum absolute atomic E-state index is 0.0690. The highest BCUT2D eigenvalue weighted by Crippen LogP contribution is 2.56. The van der Waals surface area contributed by atoms with Gasteiger partial charge in [0.15, 0.2) is 11.0 Å². The van der Waals surface area contributed by atoms with E-state index in [0.29, 0.717) is 16.8 Å². The molecule has 10 nitrogen and oxygen atoms in total. The molecule has 1 aromatic carbocycles. The minimum Gasteiger partial charge on any atom is -0.404 e. The lowest BCUT2D eigenvalue weighted by Crippen LogP contribution is -2.43. The van der Waals surface area contributed by atoms with Gasteiger partial charge in [-0.15, -0.1) is 0 Å². The third-order valence-corrected chi connectivity index (χ3v) is 5.94. The molecule has 5 atom stereocenters. The molecule has 2 aromatic rings. The van der Waals surface area contributed by atoms with Crippen LogP contribution in [0.2, 0.25) is 5.02 Å². The first-order chi connectivity index (χ1) is 15.6. The second kappa shape index (κ2) is 8.01. The van der Waals surface area contributed by atoms with Gasteiger partial charge in [-0.25, -0.2) is 8.96 Å². The van der Waals surface area contributed by atoms with Crippen LogP contribution in [0.3, 0.4) is 0 Å². The summed E-state index contributed by atoms with van der Waals surface area (Å²) in [6.45, 7) is -4.32. The molecule has 1 saturated heterocycles. The normalized spacial score (nSPS) is 36.7. The Morgan fingerprint density at radius 1 is 1.55 bits per heavy atom. The van der Waals surface area contributed by atoms with Gasteiger partial charge in [0.05, 0.1) is 16.9 Å². The second-order valence-electron chi connectivity index (χ2n) is 6.34. The summed E-state index contributed by atoms with van der Waals surface area (Å²) in [6, 6.07) is 4.05. The number of phosphoric ester groups is 1. The van der Waals surface area contributed by atoms with Crippen molar-refractivity contribution < 1.29 is 46.0 Å². The van der Waals surface area contributed by atoms with Crippen LogP contribution in [0.5, 0.6) is 5.75 Å². The van der Waals surface area contributed by atoms with Crippen molar-refractivity contribution in [1.29, 1.82) is 0 Å². The van der Waals surface area contributed by atoms with E-state index in [0.717, 1.165) is 0 Å². The smallest absolute Gasteiger partial charge is 0.404 e. The van der Waals surface area contributed by atoms with E-state index in [2.05, 4.69) is 4.52 Å². The molecule has 0 spiro atoms. The largest absolute Gasteiger partial charge is 0.530 e. The van der Waals surface area contributed by atoms with Crippen LogP contribution in [0, 0.1) is 10.6 Å². The number of hydrogen-bond donors (Lipinski definition) is 3. The molecular formula is C16H14ClF2N2O8PS. The lowest BCUT2D eigenvalue weighted by Gasteiger charge is -2.28. The van der Waals surface area contributed by atoms with Crippen molar-refractivity contribution in [2.45, 2.75) is 30.9 Å². The number of fused-ring (bicyclic) bond motifs is 1. The molecule has 0 bridgehead atoms. The summed E-state index contributed by atoms with van der Waals surface area (Å²) >= 11 is 10.6. The molecular weight excluding hydrogens is 485 g/mol. The number of hydrogen-bond acceptors (Lipinski definition) is 9. The summed E-state index contributed by atoms with van der Waals surface area (Å²) in [5.74, 6) is -5.67. The number of alkyl halides is 1. The standard InChI is InChI=1S/C16H14ClF2N2O8PS/c17-8-1-2-10-7(3-8)5-26-30(25,29-10)27-6-16(19)12(23)11(22)14(28-16)21-4-9(18)13(24)20-15(21)31/h1-4,11-12,14,22-23H,5-6H2,(H,20,24,31)/t11-,12+,14-,16-,30?/m1/s1/i6D2,14D. The Morgan fingerprint density at radius 2 is 2.29 bits per heavy atom. The molecule has 3 N–H and O–H groups in total. The molecule has 1 aromatic heterocycles. The van der Waals surface area contributed by atoms with E-state index in [9.17, 15) is 24.0 Å². The summed E-state index contributed by atoms with van der Waals surface area (Å²) < 4.78 is 85.5. The summed E-state index contributed by atoms with van der Waals surface area (Å²) in [7, 11) is -4.89. The molecule has 15 heteroatoms. The Hall–Kier alpha value is -1.70. The third kappa shape index (κ3) is 4.20. The first-order valence-electron chi connectivity index (χ1n) is 9.82. The van der Waals surface area contributed by atoms with E-state index in [-0.39, 0.29) is 10.3 Å². The molecule has 4 rings (SSSR count). The fourth-order valence-electron chi connectivity index (χ4n) is 2.70. The van der Waals surface area contributed by atoms with E-state index in [1.165, 1.54) is 18.2 Å². The SMILES string of the molecule is [2H]C([2H])(OP1(=O)OCc2cc(Cl)ccc2O1)[C@@]1(F)O[C@@]([2H])(n2cc(F)c(=O)[nH]c2=S)[C@H](O)[C@@H]1O. The quantitative estimate of drug-likeness (QED) is 0.426. The van der Waals surface area contributed by atoms with Gasteiger partial charge in [-0.2, -0.15) is 4.39 Å². The molecule has 2 aliphatic heterocycles. The molecule has 0 amide bonds. The van der Waals surface area contributed by atoms with Gasteiger partial charge in [0.25, 0.3) is 11.4 Å². The Morgan fingerprint density at radius 3 is 3.03 bits per heavy atom. The van der Waals surface area contributed by atoms with Crippen molar-refractivity contribution in [3.63, 3.8) is 0 Å². The number of H-pyrrole nitrogens is 1. The van der Waals surface area contributed by atoms with Crippen LogP contribution in [0.4, 0.5) is 8.78 Å². The summed E-state index contributed by atoms with van der Waals surface area (Å²) in [6.07, 6.45) is -8.37. The number of phosphoric acid groups is 1. The highest BCUT2D eigenvalue weighted by molar-refractivity contribution is 7.71. The predicted octanol–water partition coefficient (Wildman–Crippen LogP) is 2.35. The minimum atomic E-state index is -4.89. The number of aromatic nitrogens is 2. The van der Waals surface area contributed by atoms with E-state index in [4.69, 9.17) is 41.7 Å². The predicted molar refractivity (Wildman–Crippen MR) is 102 cm³/mol. The molecule has 1 unspecified atom stereocenters. The number of nitrogens with one attached hydrogen (secondary N) is 1. The topological polar surface area (TPSA) is 132 Å². The molecule has 0 radical (unpaired) electrons. The van der Waals surface area contributed by atoms with Gasteiger partial charge < -0.3 is 19.5 Å². The maximum Gasteiger partial charge on any atom is 0.530 e. The van der Waals surface area contributed by atoms with Crippen molar-refractivity contribution in [3.8, 4) is 5.75 Å². The summed E-state index contributed by atoms with van der Waals surface area (Å²) in [5, 5.41) is 20.9. The van der Waals surface area contributed by atoms with Crippen LogP contribution in [-0.2, 0) is 25.0 Å². The van der Waals surface area contributed by atoms with Crippen LogP contribution < -0.4 is 10.1 Å². The fourth-order valence-corrected chi connectivity index (χ4v) is 4.23. The van der Waals surface area contributed by atoms with Crippen molar-refractivity contribution in [1.82, 2.24) is 9.55 Å². The molecule has 0 saturated carbocycles. The van der Waals surface area contributed by atoms with Crippen molar-refractivity contribution in [2.24, 2.45) is 0 Å². The zero-order valence-electron chi connectivity index (χ0n) is 18.0. The maximum absolute atomic E-state index is 15.8. The van der Waals surface area contributed by atoms with Gasteiger partial charge in [-0.05, 0) is 30.4 Å². The average Bonchev–Trinajstić information content (AvgIpc) is 2.92. The van der Waals surface area contributed by atoms with Gasteiger partial charge in [-0.1, -0.05) is 11.6 Å². The number of nitrogens with zero attached hydrogens (tertiary/aromatic N) is 1. The lowest BCUT2D eigenvalue weighted by atomic mass is 10.1. The van der Waals surface area contributed by atoms with Gasteiger partial charge in [0, 0.05) is 10.6 Å². The number of rotatable bonds is 4. The van der Waals surface area contributed by atoms with E-state index >= 15 is 4.39 Å². The molecule has 1 fully saturated rings. The molecule has 168 valence electrons. The third-order valence-electron chi connectivity index (χ3n) is 4.23. The molecule has 2 aliphatic rings. The number of aliphatic hydroxyl groups is 2. The maximum atomic E-state index is 15.8. The average molecular weight is 502 g/mol. The van der Waals surface area contributed by atoms with E-state index in [1.807, 2.05) is 4.98 Å². The van der Waals surface area contributed by atoms with Gasteiger partial charge in [0.1, 0.15) is 24.5 Å². The van der Waals surface area contributed by atoms with Crippen LogP contribution >= 0.6 is 31.6 Å². The zero-order chi connectivity index (χ0) is 25.3. The van der Waals surface area contributed by atoms with Gasteiger partial charge in [-0.3, -0.25) is 23.4 Å². The van der Waals surface area contributed by atoms with Crippen LogP contribution in [0.15, 0.2) is 29.2 Å². The van der Waals surface area contributed by atoms with E-state index in [1.54, 1.807) is 0 Å². The zero-order valence-corrected chi connectivity index (χ0v) is 17.4. The fraction of sp³-hybridized carbons (Fsp3) is 0.375. The Kier molecular flexibility index (Phi) is 4.87. The first-order valence-corrected chi connectivity index (χ1v) is 10.6. The Labute approximate surface area is 186 Å². The number of aromatic amines is 1. The first kappa shape index (κ1) is 18.8. The van der Waals surface area contributed by atoms with Crippen molar-refractivity contribution >= 4 is 31.6 Å². The van der Waals surface area contributed by atoms with E-state index < -0.39 is 61.4 Å². The summed E-state index contributed by atoms with van der Waals surface area (Å²) in [5.41, 5.74) is -0.973. The number of halogens is 3. The Bertz CT molecular complexity index is 1330. The van der Waals surface area contributed by atoms with Crippen LogP contribution in [-0.4, -0.2) is 44.4 Å². The summed E-state index contributed by atoms with van der Waals surface area (Å²) in [4.78, 5) is 13.2. The highest BCUT2D eigenvalue weighted by Gasteiger charge is 2.57. The van der Waals surface area contributed by atoms with Gasteiger partial charge >= 0.3 is 7.82 Å². The monoisotopic (exact) mass is 501 g/mol.